The lowest BCUT2D eigenvalue weighted by atomic mass is 9.62. The lowest BCUT2D eigenvalue weighted by molar-refractivity contribution is -0.314. The number of hydrogen-bond donors (Lipinski definition) is 0. The number of methoxy groups -OCH3 is 3. The number of epoxide rings is 1. The van der Waals surface area contributed by atoms with Crippen molar-refractivity contribution in [1.82, 2.24) is 4.90 Å². The maximum atomic E-state index is 14.8. The molecular weight excluding hydrogens is 694 g/mol. The highest BCUT2D eigenvalue weighted by molar-refractivity contribution is 5.99. The zero-order valence-corrected chi connectivity index (χ0v) is 34.3. The minimum atomic E-state index is -0.617. The van der Waals surface area contributed by atoms with E-state index in [0.717, 1.165) is 50.5 Å². The van der Waals surface area contributed by atoms with Gasteiger partial charge in [0.2, 0.25) is 0 Å². The molecule has 54 heavy (non-hydrogen) atoms. The second-order valence-electron chi connectivity index (χ2n) is 17.8. The number of Topliss-reactive ketones (excluding diaryl/α,β-unsaturated/α-hetero) is 1. The van der Waals surface area contributed by atoms with E-state index >= 15 is 0 Å². The van der Waals surface area contributed by atoms with E-state index in [1.54, 1.807) is 21.3 Å². The third kappa shape index (κ3) is 7.50. The van der Waals surface area contributed by atoms with E-state index < -0.39 is 12.4 Å². The minimum Gasteiger partial charge on any atom is -0.462 e. The molecule has 0 spiro atoms. The highest BCUT2D eigenvalue weighted by Gasteiger charge is 2.72. The quantitative estimate of drug-likeness (QED) is 0.230. The fourth-order valence-corrected chi connectivity index (χ4v) is 11.7. The van der Waals surface area contributed by atoms with Crippen LogP contribution in [0.3, 0.4) is 0 Å². The Morgan fingerprint density at radius 1 is 0.889 bits per heavy atom. The number of ether oxygens (including phenoxy) is 9. The van der Waals surface area contributed by atoms with E-state index in [0.29, 0.717) is 12.5 Å². The molecule has 0 aromatic heterocycles. The molecule has 19 atom stereocenters. The van der Waals surface area contributed by atoms with Gasteiger partial charge in [-0.05, 0) is 110 Å². The molecule has 0 aromatic rings. The number of allylic oxidation sites excluding steroid dienone is 2. The molecule has 3 aliphatic carbocycles. The number of nitrogens with zero attached hydrogens (tertiary/aromatic N) is 1. The topological polar surface area (TPSA) is 124 Å². The van der Waals surface area contributed by atoms with Crippen molar-refractivity contribution in [2.45, 2.75) is 172 Å². The summed E-state index contributed by atoms with van der Waals surface area (Å²) in [6.07, 6.45) is 5.90. The fourth-order valence-electron chi connectivity index (χ4n) is 11.7. The highest BCUT2D eigenvalue weighted by Crippen LogP contribution is 2.67. The zero-order chi connectivity index (χ0) is 38.6. The molecule has 0 radical (unpaired) electrons. The Kier molecular flexibility index (Phi) is 12.4. The van der Waals surface area contributed by atoms with Crippen LogP contribution in [0.1, 0.15) is 92.4 Å². The van der Waals surface area contributed by atoms with Gasteiger partial charge in [0, 0.05) is 45.1 Å². The molecule has 0 amide bonds. The van der Waals surface area contributed by atoms with Crippen LogP contribution in [0.2, 0.25) is 0 Å². The van der Waals surface area contributed by atoms with Gasteiger partial charge in [0.15, 0.2) is 18.4 Å². The summed E-state index contributed by atoms with van der Waals surface area (Å²) >= 11 is 0. The van der Waals surface area contributed by atoms with E-state index in [1.165, 1.54) is 0 Å². The van der Waals surface area contributed by atoms with Crippen LogP contribution in [-0.4, -0.2) is 131 Å². The van der Waals surface area contributed by atoms with Crippen LogP contribution in [-0.2, 0) is 52.2 Å². The maximum absolute atomic E-state index is 14.8. The summed E-state index contributed by atoms with van der Waals surface area (Å²) in [6.45, 7) is 10.4. The Morgan fingerprint density at radius 3 is 2.30 bits per heavy atom. The van der Waals surface area contributed by atoms with Crippen molar-refractivity contribution in [3.05, 3.63) is 11.6 Å². The van der Waals surface area contributed by atoms with Crippen LogP contribution in [0.15, 0.2) is 11.6 Å². The van der Waals surface area contributed by atoms with Gasteiger partial charge in [0.05, 0.1) is 42.5 Å². The fraction of sp³-hybridized carbons (Fsp3) is 0.905. The lowest BCUT2D eigenvalue weighted by Crippen LogP contribution is -2.59. The summed E-state index contributed by atoms with van der Waals surface area (Å²) < 4.78 is 56.6. The molecule has 4 heterocycles. The van der Waals surface area contributed by atoms with Gasteiger partial charge in [-0.25, -0.2) is 0 Å². The molecule has 4 saturated heterocycles. The summed E-state index contributed by atoms with van der Waals surface area (Å²) in [7, 11) is 9.15. The predicted octanol–water partition coefficient (Wildman–Crippen LogP) is 5.09. The number of fused-ring (bicyclic) bond motifs is 8. The van der Waals surface area contributed by atoms with E-state index in [1.807, 2.05) is 13.8 Å². The molecule has 12 heteroatoms. The average Bonchev–Trinajstić information content (AvgIpc) is 3.45. The molecule has 0 N–H and O–H groups in total. The third-order valence-corrected chi connectivity index (χ3v) is 14.6. The zero-order valence-electron chi connectivity index (χ0n) is 34.3. The Morgan fingerprint density at radius 2 is 1.63 bits per heavy atom. The Balaban J connectivity index is 1.13. The molecule has 1 unspecified atom stereocenters. The SMILES string of the molecule is CC[C@H]1CCCC(O[C@H]2CC[C@H](N(C)C)[C@@H](C)O2)[C@@H](C)C(=O)C2=C[C@H]3[C@@H]4C[C@H](O[C@@H]5O[C@@H](C)[C@H](OC)[C@@H](OC)[C@H]5OC)C[C@H]4[C@@]4(C)O[C@H]4[C@H]3[C@@H]2CC(=O)O1. The summed E-state index contributed by atoms with van der Waals surface area (Å²) in [5.41, 5.74) is 0.409. The van der Waals surface area contributed by atoms with E-state index in [4.69, 9.17) is 42.6 Å². The Labute approximate surface area is 322 Å². The number of rotatable bonds is 9. The molecule has 4 aliphatic heterocycles. The largest absolute Gasteiger partial charge is 0.462 e. The molecule has 12 nitrogen and oxygen atoms in total. The normalized spacial score (nSPS) is 49.5. The first-order valence-corrected chi connectivity index (χ1v) is 20.8. The number of ketones is 1. The van der Waals surface area contributed by atoms with Gasteiger partial charge in [0.25, 0.3) is 0 Å². The van der Waals surface area contributed by atoms with Crippen molar-refractivity contribution in [2.24, 2.45) is 35.5 Å². The highest BCUT2D eigenvalue weighted by atomic mass is 16.7. The van der Waals surface area contributed by atoms with Gasteiger partial charge in [-0.15, -0.1) is 0 Å². The van der Waals surface area contributed by atoms with Gasteiger partial charge < -0.3 is 47.5 Å². The van der Waals surface area contributed by atoms with Crippen LogP contribution in [0.25, 0.3) is 0 Å². The van der Waals surface area contributed by atoms with Crippen molar-refractivity contribution >= 4 is 11.8 Å². The second-order valence-corrected chi connectivity index (χ2v) is 17.8. The van der Waals surface area contributed by atoms with Crippen LogP contribution in [0, 0.1) is 35.5 Å². The van der Waals surface area contributed by atoms with Crippen LogP contribution < -0.4 is 0 Å². The smallest absolute Gasteiger partial charge is 0.306 e. The Bertz CT molecular complexity index is 1380. The van der Waals surface area contributed by atoms with Crippen molar-refractivity contribution in [3.63, 3.8) is 0 Å². The average molecular weight is 762 g/mol. The molecule has 6 fully saturated rings. The van der Waals surface area contributed by atoms with Crippen LogP contribution in [0.4, 0.5) is 0 Å². The molecular formula is C42H67NO11. The lowest BCUT2D eigenvalue weighted by Gasteiger charge is -2.44. The van der Waals surface area contributed by atoms with Gasteiger partial charge in [-0.2, -0.15) is 0 Å². The van der Waals surface area contributed by atoms with Crippen molar-refractivity contribution in [2.75, 3.05) is 35.4 Å². The first-order valence-electron chi connectivity index (χ1n) is 20.8. The number of carbonyl (C=O) groups is 2. The molecule has 0 aromatic carbocycles. The number of esters is 1. The standard InChI is InChI=1S/C42H67NO11/c1-11-24-13-12-14-32(53-34-16-15-31(43(6)7)22(3)49-34)21(2)36(45)29-19-27-26-17-25(52-41-39(48-10)38(47-9)37(46-8)23(4)50-41)18-30(26)42(5)40(54-42)35(27)28(29)20-33(44)51-24/h19,21-28,30-32,34-35,37-41H,11-18,20H2,1-10H3/t21-,22-,23+,24+,25+,26+,27+,28-,30-,31+,32?,34+,35-,37+,38-,39-,40+,41+,42-/m1/s1. The first-order chi connectivity index (χ1) is 25.8. The third-order valence-electron chi connectivity index (χ3n) is 14.6. The van der Waals surface area contributed by atoms with E-state index in [9.17, 15) is 9.59 Å². The number of hydrogen-bond acceptors (Lipinski definition) is 12. The van der Waals surface area contributed by atoms with Gasteiger partial charge in [-0.3, -0.25) is 9.59 Å². The summed E-state index contributed by atoms with van der Waals surface area (Å²) in [5, 5.41) is 0. The van der Waals surface area contributed by atoms with Gasteiger partial charge >= 0.3 is 5.97 Å². The maximum Gasteiger partial charge on any atom is 0.306 e. The van der Waals surface area contributed by atoms with Crippen LogP contribution >= 0.6 is 0 Å². The van der Waals surface area contributed by atoms with Crippen molar-refractivity contribution < 1.29 is 52.2 Å². The molecule has 7 aliphatic rings. The second kappa shape index (κ2) is 16.4. The number of likely N-dealkylation sites (N-methyl/N-ethyl adjacent to an activating group) is 1. The summed E-state index contributed by atoms with van der Waals surface area (Å²) in [6, 6.07) is 0.332. The number of carbonyl (C=O) groups excluding carboxylic acids is 2. The summed E-state index contributed by atoms with van der Waals surface area (Å²) in [5.74, 6) is -0.241. The van der Waals surface area contributed by atoms with E-state index in [-0.39, 0.29) is 114 Å². The van der Waals surface area contributed by atoms with Gasteiger partial charge in [0.1, 0.15) is 24.4 Å². The minimum absolute atomic E-state index is 0.0135. The molecule has 306 valence electrons. The van der Waals surface area contributed by atoms with Crippen LogP contribution in [0.5, 0.6) is 0 Å². The first kappa shape index (κ1) is 40.7. The van der Waals surface area contributed by atoms with Crippen molar-refractivity contribution in [1.29, 1.82) is 0 Å². The van der Waals surface area contributed by atoms with E-state index in [2.05, 4.69) is 45.8 Å². The van der Waals surface area contributed by atoms with Crippen molar-refractivity contribution in [3.8, 4) is 0 Å². The van der Waals surface area contributed by atoms with Gasteiger partial charge in [-0.1, -0.05) is 19.9 Å². The molecule has 7 rings (SSSR count). The molecule has 0 bridgehead atoms. The Hall–Kier alpha value is -1.48. The monoisotopic (exact) mass is 761 g/mol. The predicted molar refractivity (Wildman–Crippen MR) is 198 cm³/mol. The summed E-state index contributed by atoms with van der Waals surface area (Å²) in [4.78, 5) is 30.7. The number of cyclic esters (lactones) is 1. The molecule has 2 saturated carbocycles.